The van der Waals surface area contributed by atoms with Crippen LogP contribution in [-0.4, -0.2) is 36.4 Å². The second kappa shape index (κ2) is 8.22. The Bertz CT molecular complexity index is 886. The molecule has 2 amide bonds. The number of aliphatic imine (C=N–C) groups is 1. The molecule has 0 spiro atoms. The van der Waals surface area contributed by atoms with Gasteiger partial charge < -0.3 is 10.1 Å². The molecule has 1 unspecified atom stereocenters. The van der Waals surface area contributed by atoms with Gasteiger partial charge in [0.15, 0.2) is 5.17 Å². The fourth-order valence-electron chi connectivity index (χ4n) is 2.65. The van der Waals surface area contributed by atoms with E-state index in [0.717, 1.165) is 10.6 Å². The van der Waals surface area contributed by atoms with Crippen LogP contribution in [0.2, 0.25) is 0 Å². The lowest BCUT2D eigenvalue weighted by Gasteiger charge is -2.15. The molecule has 1 atom stereocenters. The number of hydrogen-bond donors (Lipinski definition) is 1. The highest BCUT2D eigenvalue weighted by atomic mass is 32.2. The molecule has 140 valence electrons. The molecule has 0 radical (unpaired) electrons. The maximum Gasteiger partial charge on any atom is 0.247 e. The van der Waals surface area contributed by atoms with E-state index in [1.807, 2.05) is 18.2 Å². The fraction of sp³-hybridized carbons (Fsp3) is 0.211. The SMILES string of the molecule is CN=C(Nc1cccc(OC)c1)SC1CC(=O)N(c2ccc(F)cc2)C1=O. The number of carbonyl (C=O) groups is 2. The fourth-order valence-corrected chi connectivity index (χ4v) is 3.64. The van der Waals surface area contributed by atoms with Crippen molar-refractivity contribution in [2.24, 2.45) is 4.99 Å². The summed E-state index contributed by atoms with van der Waals surface area (Å²) in [5, 5.41) is 3.04. The molecule has 0 aromatic heterocycles. The summed E-state index contributed by atoms with van der Waals surface area (Å²) in [5.74, 6) is -0.395. The molecular weight excluding hydrogens is 369 g/mol. The topological polar surface area (TPSA) is 71.0 Å². The first-order chi connectivity index (χ1) is 13.0. The van der Waals surface area contributed by atoms with Crippen LogP contribution in [0, 0.1) is 5.82 Å². The Balaban J connectivity index is 1.71. The van der Waals surface area contributed by atoms with E-state index in [1.165, 1.54) is 36.0 Å². The van der Waals surface area contributed by atoms with E-state index >= 15 is 0 Å². The number of thioether (sulfide) groups is 1. The van der Waals surface area contributed by atoms with Crippen molar-refractivity contribution in [1.29, 1.82) is 0 Å². The van der Waals surface area contributed by atoms with Crippen molar-refractivity contribution in [1.82, 2.24) is 0 Å². The molecule has 8 heteroatoms. The number of anilines is 2. The number of ether oxygens (including phenoxy) is 1. The van der Waals surface area contributed by atoms with E-state index in [2.05, 4.69) is 10.3 Å². The number of nitrogens with zero attached hydrogens (tertiary/aromatic N) is 2. The Labute approximate surface area is 160 Å². The van der Waals surface area contributed by atoms with Crippen LogP contribution >= 0.6 is 11.8 Å². The molecule has 2 aromatic rings. The minimum absolute atomic E-state index is 0.0552. The van der Waals surface area contributed by atoms with Gasteiger partial charge in [-0.15, -0.1) is 0 Å². The predicted octanol–water partition coefficient (Wildman–Crippen LogP) is 3.30. The summed E-state index contributed by atoms with van der Waals surface area (Å²) in [6, 6.07) is 12.6. The third-order valence-corrected chi connectivity index (χ3v) is 5.13. The summed E-state index contributed by atoms with van der Waals surface area (Å²) in [4.78, 5) is 30.3. The van der Waals surface area contributed by atoms with Crippen LogP contribution in [0.1, 0.15) is 6.42 Å². The van der Waals surface area contributed by atoms with Crippen LogP contribution in [0.25, 0.3) is 0 Å². The van der Waals surface area contributed by atoms with Crippen molar-refractivity contribution >= 4 is 40.1 Å². The number of amides is 2. The number of methoxy groups -OCH3 is 1. The van der Waals surface area contributed by atoms with E-state index in [1.54, 1.807) is 20.2 Å². The van der Waals surface area contributed by atoms with Crippen LogP contribution in [0.15, 0.2) is 53.5 Å². The first-order valence-corrected chi connectivity index (χ1v) is 9.06. The monoisotopic (exact) mass is 387 g/mol. The van der Waals surface area contributed by atoms with Gasteiger partial charge in [-0.3, -0.25) is 14.6 Å². The number of nitrogens with one attached hydrogen (secondary N) is 1. The summed E-state index contributed by atoms with van der Waals surface area (Å²) in [6.07, 6.45) is 0.0552. The van der Waals surface area contributed by atoms with Gasteiger partial charge in [0.1, 0.15) is 16.8 Å². The Morgan fingerprint density at radius 1 is 1.26 bits per heavy atom. The third kappa shape index (κ3) is 4.28. The Hall–Kier alpha value is -2.87. The first kappa shape index (κ1) is 18.9. The molecule has 1 aliphatic heterocycles. The number of hydrogen-bond acceptors (Lipinski definition) is 5. The van der Waals surface area contributed by atoms with E-state index in [4.69, 9.17) is 4.74 Å². The van der Waals surface area contributed by atoms with Crippen molar-refractivity contribution in [3.05, 3.63) is 54.3 Å². The van der Waals surface area contributed by atoms with Gasteiger partial charge in [-0.2, -0.15) is 0 Å². The molecule has 1 heterocycles. The maximum absolute atomic E-state index is 13.1. The van der Waals surface area contributed by atoms with Crippen LogP contribution in [0.4, 0.5) is 15.8 Å². The largest absolute Gasteiger partial charge is 0.497 e. The number of amidine groups is 1. The highest BCUT2D eigenvalue weighted by molar-refractivity contribution is 8.15. The Kier molecular flexibility index (Phi) is 5.75. The molecule has 2 aromatic carbocycles. The highest BCUT2D eigenvalue weighted by Crippen LogP contribution is 2.31. The Morgan fingerprint density at radius 3 is 2.67 bits per heavy atom. The van der Waals surface area contributed by atoms with Crippen molar-refractivity contribution in [2.45, 2.75) is 11.7 Å². The molecule has 0 aliphatic carbocycles. The number of halogens is 1. The minimum atomic E-state index is -0.598. The van der Waals surface area contributed by atoms with Gasteiger partial charge in [0.05, 0.1) is 12.8 Å². The summed E-state index contributed by atoms with van der Waals surface area (Å²) < 4.78 is 18.3. The van der Waals surface area contributed by atoms with Crippen LogP contribution in [-0.2, 0) is 9.59 Å². The quantitative estimate of drug-likeness (QED) is 0.495. The van der Waals surface area contributed by atoms with Gasteiger partial charge in [0, 0.05) is 25.2 Å². The van der Waals surface area contributed by atoms with Crippen LogP contribution in [0.5, 0.6) is 5.75 Å². The van der Waals surface area contributed by atoms with Crippen molar-refractivity contribution in [2.75, 3.05) is 24.4 Å². The van der Waals surface area contributed by atoms with Gasteiger partial charge in [-0.05, 0) is 36.4 Å². The molecule has 3 rings (SSSR count). The molecule has 1 aliphatic rings. The van der Waals surface area contributed by atoms with E-state index in [9.17, 15) is 14.0 Å². The van der Waals surface area contributed by atoms with Gasteiger partial charge in [0.25, 0.3) is 0 Å². The van der Waals surface area contributed by atoms with E-state index in [-0.39, 0.29) is 18.2 Å². The van der Waals surface area contributed by atoms with Crippen LogP contribution < -0.4 is 15.0 Å². The summed E-state index contributed by atoms with van der Waals surface area (Å²) in [6.45, 7) is 0. The molecular formula is C19H18FN3O3S. The maximum atomic E-state index is 13.1. The number of benzene rings is 2. The van der Waals surface area contributed by atoms with Crippen molar-refractivity contribution in [3.63, 3.8) is 0 Å². The number of imide groups is 1. The number of carbonyl (C=O) groups excluding carboxylic acids is 2. The molecule has 27 heavy (non-hydrogen) atoms. The van der Waals surface area contributed by atoms with Crippen molar-refractivity contribution in [3.8, 4) is 5.75 Å². The highest BCUT2D eigenvalue weighted by Gasteiger charge is 2.40. The second-order valence-corrected chi connectivity index (χ2v) is 6.93. The lowest BCUT2D eigenvalue weighted by atomic mass is 10.3. The summed E-state index contributed by atoms with van der Waals surface area (Å²) in [7, 11) is 3.18. The zero-order valence-electron chi connectivity index (χ0n) is 14.8. The molecule has 1 N–H and O–H groups in total. The third-order valence-electron chi connectivity index (χ3n) is 3.97. The van der Waals surface area contributed by atoms with Gasteiger partial charge in [-0.1, -0.05) is 17.8 Å². The van der Waals surface area contributed by atoms with Crippen molar-refractivity contribution < 1.29 is 18.7 Å². The minimum Gasteiger partial charge on any atom is -0.497 e. The van der Waals surface area contributed by atoms with Crippen LogP contribution in [0.3, 0.4) is 0 Å². The lowest BCUT2D eigenvalue weighted by molar-refractivity contribution is -0.121. The molecule has 1 saturated heterocycles. The standard InChI is InChI=1S/C19H18FN3O3S/c1-21-19(22-13-4-3-5-15(10-13)26-2)27-16-11-17(24)23(18(16)25)14-8-6-12(20)7-9-14/h3-10,16H,11H2,1-2H3,(H,21,22). The lowest BCUT2D eigenvalue weighted by Crippen LogP contribution is -2.31. The average Bonchev–Trinajstić information content (AvgIpc) is 2.95. The smallest absolute Gasteiger partial charge is 0.247 e. The Morgan fingerprint density at radius 2 is 2.00 bits per heavy atom. The molecule has 0 bridgehead atoms. The zero-order chi connectivity index (χ0) is 19.4. The molecule has 0 saturated carbocycles. The normalized spacial score (nSPS) is 17.4. The second-order valence-electron chi connectivity index (χ2n) is 5.74. The molecule has 6 nitrogen and oxygen atoms in total. The average molecular weight is 387 g/mol. The number of rotatable bonds is 4. The van der Waals surface area contributed by atoms with E-state index < -0.39 is 11.1 Å². The predicted molar refractivity (Wildman–Crippen MR) is 105 cm³/mol. The zero-order valence-corrected chi connectivity index (χ0v) is 15.6. The van der Waals surface area contributed by atoms with E-state index in [0.29, 0.717) is 16.6 Å². The summed E-state index contributed by atoms with van der Waals surface area (Å²) >= 11 is 1.19. The first-order valence-electron chi connectivity index (χ1n) is 8.18. The van der Waals surface area contributed by atoms with Gasteiger partial charge >= 0.3 is 0 Å². The molecule has 1 fully saturated rings. The van der Waals surface area contributed by atoms with Gasteiger partial charge in [0.2, 0.25) is 11.8 Å². The van der Waals surface area contributed by atoms with Gasteiger partial charge in [-0.25, -0.2) is 9.29 Å². The summed E-state index contributed by atoms with van der Waals surface area (Å²) in [5.41, 5.74) is 1.12.